The lowest BCUT2D eigenvalue weighted by atomic mass is 9.92. The van der Waals surface area contributed by atoms with Gasteiger partial charge in [-0.25, -0.2) is 4.79 Å². The predicted molar refractivity (Wildman–Crippen MR) is 98.9 cm³/mol. The zero-order chi connectivity index (χ0) is 19.6. The van der Waals surface area contributed by atoms with Crippen molar-refractivity contribution < 1.29 is 19.1 Å². The first-order valence-corrected chi connectivity index (χ1v) is 9.17. The maximum Gasteiger partial charge on any atom is 0.325 e. The summed E-state index contributed by atoms with van der Waals surface area (Å²) in [5.41, 5.74) is 5.16. The van der Waals surface area contributed by atoms with E-state index in [-0.39, 0.29) is 24.4 Å². The van der Waals surface area contributed by atoms with Crippen LogP contribution in [-0.4, -0.2) is 49.0 Å². The van der Waals surface area contributed by atoms with Crippen LogP contribution in [0.4, 0.5) is 4.79 Å². The number of nitrogens with one attached hydrogen (secondary N) is 2. The normalized spacial score (nSPS) is 27.6. The van der Waals surface area contributed by atoms with E-state index in [0.29, 0.717) is 17.9 Å². The standard InChI is InChI=1S/C19H26N4O4/c1-19(13-6-8-14(27-2)9-7-13)17(25)23(18(26)22-19)11-16(24)21-15-5-3-4-12(15)10-20/h6-9,12,15H,3-5,10-11,20H2,1-2H3,(H,21,24)(H,22,26). The van der Waals surface area contributed by atoms with Gasteiger partial charge in [0.25, 0.3) is 5.91 Å². The largest absolute Gasteiger partial charge is 0.497 e. The molecule has 0 aromatic heterocycles. The van der Waals surface area contributed by atoms with Gasteiger partial charge < -0.3 is 21.1 Å². The summed E-state index contributed by atoms with van der Waals surface area (Å²) in [6.07, 6.45) is 2.88. The number of nitrogens with two attached hydrogens (primary N) is 1. The third kappa shape index (κ3) is 3.62. The van der Waals surface area contributed by atoms with Crippen LogP contribution in [-0.2, 0) is 15.1 Å². The van der Waals surface area contributed by atoms with E-state index in [1.165, 1.54) is 0 Å². The smallest absolute Gasteiger partial charge is 0.325 e. The van der Waals surface area contributed by atoms with Gasteiger partial charge in [-0.05, 0) is 49.9 Å². The minimum absolute atomic E-state index is 0.0104. The van der Waals surface area contributed by atoms with Crippen molar-refractivity contribution in [2.45, 2.75) is 37.8 Å². The first-order chi connectivity index (χ1) is 12.9. The molecule has 0 radical (unpaired) electrons. The van der Waals surface area contributed by atoms with Crippen LogP contribution >= 0.6 is 0 Å². The molecule has 146 valence electrons. The number of amides is 4. The average Bonchev–Trinajstić information content (AvgIpc) is 3.20. The molecule has 1 aliphatic carbocycles. The molecular formula is C19H26N4O4. The number of hydrogen-bond acceptors (Lipinski definition) is 5. The van der Waals surface area contributed by atoms with Crippen molar-refractivity contribution in [3.05, 3.63) is 29.8 Å². The highest BCUT2D eigenvalue weighted by Crippen LogP contribution is 2.30. The van der Waals surface area contributed by atoms with Crippen molar-refractivity contribution in [3.8, 4) is 5.75 Å². The number of methoxy groups -OCH3 is 1. The van der Waals surface area contributed by atoms with E-state index in [1.807, 2.05) is 0 Å². The first-order valence-electron chi connectivity index (χ1n) is 9.17. The second-order valence-corrected chi connectivity index (χ2v) is 7.28. The molecule has 3 rings (SSSR count). The number of benzene rings is 1. The molecule has 3 atom stereocenters. The summed E-state index contributed by atoms with van der Waals surface area (Å²) in [7, 11) is 1.55. The average molecular weight is 374 g/mol. The third-order valence-electron chi connectivity index (χ3n) is 5.55. The van der Waals surface area contributed by atoms with Crippen molar-refractivity contribution in [3.63, 3.8) is 0 Å². The SMILES string of the molecule is COc1ccc(C2(C)NC(=O)N(CC(=O)NC3CCCC3CN)C2=O)cc1. The fourth-order valence-corrected chi connectivity index (χ4v) is 3.87. The van der Waals surface area contributed by atoms with Crippen molar-refractivity contribution in [1.29, 1.82) is 0 Å². The maximum atomic E-state index is 12.9. The second-order valence-electron chi connectivity index (χ2n) is 7.28. The Labute approximate surface area is 158 Å². The van der Waals surface area contributed by atoms with Crippen LogP contribution in [0.3, 0.4) is 0 Å². The van der Waals surface area contributed by atoms with Gasteiger partial charge in [-0.1, -0.05) is 18.6 Å². The number of carbonyl (C=O) groups is 3. The molecule has 2 aliphatic rings. The van der Waals surface area contributed by atoms with Gasteiger partial charge in [0.15, 0.2) is 0 Å². The Hall–Kier alpha value is -2.61. The number of urea groups is 1. The van der Waals surface area contributed by atoms with Crippen LogP contribution in [0.25, 0.3) is 0 Å². The highest BCUT2D eigenvalue weighted by molar-refractivity contribution is 6.09. The zero-order valence-electron chi connectivity index (χ0n) is 15.7. The molecule has 4 N–H and O–H groups in total. The number of hydrogen-bond donors (Lipinski definition) is 3. The van der Waals surface area contributed by atoms with Gasteiger partial charge in [-0.15, -0.1) is 0 Å². The number of rotatable bonds is 6. The topological polar surface area (TPSA) is 114 Å². The minimum Gasteiger partial charge on any atom is -0.497 e. The number of carbonyl (C=O) groups excluding carboxylic acids is 3. The molecule has 3 unspecified atom stereocenters. The molecular weight excluding hydrogens is 348 g/mol. The van der Waals surface area contributed by atoms with E-state index in [0.717, 1.165) is 24.2 Å². The molecule has 1 heterocycles. The second kappa shape index (κ2) is 7.56. The monoisotopic (exact) mass is 374 g/mol. The molecule has 0 spiro atoms. The number of nitrogens with zero attached hydrogens (tertiary/aromatic N) is 1. The van der Waals surface area contributed by atoms with E-state index in [9.17, 15) is 14.4 Å². The van der Waals surface area contributed by atoms with Crippen LogP contribution in [0.2, 0.25) is 0 Å². The molecule has 27 heavy (non-hydrogen) atoms. The van der Waals surface area contributed by atoms with Crippen LogP contribution in [0.15, 0.2) is 24.3 Å². The van der Waals surface area contributed by atoms with E-state index in [1.54, 1.807) is 38.3 Å². The Balaban J connectivity index is 1.69. The Kier molecular flexibility index (Phi) is 5.36. The Bertz CT molecular complexity index is 736. The molecule has 2 fully saturated rings. The van der Waals surface area contributed by atoms with Crippen molar-refractivity contribution in [2.24, 2.45) is 11.7 Å². The molecule has 0 bridgehead atoms. The first kappa shape index (κ1) is 19.2. The lowest BCUT2D eigenvalue weighted by Gasteiger charge is -2.23. The Morgan fingerprint density at radius 2 is 2.04 bits per heavy atom. The van der Waals surface area contributed by atoms with Crippen molar-refractivity contribution in [2.75, 3.05) is 20.2 Å². The molecule has 4 amide bonds. The van der Waals surface area contributed by atoms with Gasteiger partial charge in [0.1, 0.15) is 17.8 Å². The van der Waals surface area contributed by atoms with Gasteiger partial charge in [-0.2, -0.15) is 0 Å². The zero-order valence-corrected chi connectivity index (χ0v) is 15.7. The third-order valence-corrected chi connectivity index (χ3v) is 5.55. The van der Waals surface area contributed by atoms with E-state index < -0.39 is 17.5 Å². The highest BCUT2D eigenvalue weighted by Gasteiger charge is 2.49. The van der Waals surface area contributed by atoms with Crippen LogP contribution in [0, 0.1) is 5.92 Å². The molecule has 1 aromatic carbocycles. The molecule has 8 heteroatoms. The number of imide groups is 1. The van der Waals surface area contributed by atoms with Crippen molar-refractivity contribution >= 4 is 17.8 Å². The quantitative estimate of drug-likeness (QED) is 0.635. The lowest BCUT2D eigenvalue weighted by Crippen LogP contribution is -2.47. The van der Waals surface area contributed by atoms with Gasteiger partial charge >= 0.3 is 6.03 Å². The van der Waals surface area contributed by atoms with Gasteiger partial charge in [-0.3, -0.25) is 14.5 Å². The fourth-order valence-electron chi connectivity index (χ4n) is 3.87. The molecule has 1 saturated carbocycles. The maximum absolute atomic E-state index is 12.9. The van der Waals surface area contributed by atoms with Gasteiger partial charge in [0, 0.05) is 6.04 Å². The summed E-state index contributed by atoms with van der Waals surface area (Å²) in [6.45, 7) is 1.85. The molecule has 1 aliphatic heterocycles. The summed E-state index contributed by atoms with van der Waals surface area (Å²) >= 11 is 0. The minimum atomic E-state index is -1.21. The van der Waals surface area contributed by atoms with Gasteiger partial charge in [0.2, 0.25) is 5.91 Å². The summed E-state index contributed by atoms with van der Waals surface area (Å²) in [5, 5.41) is 5.62. The highest BCUT2D eigenvalue weighted by atomic mass is 16.5. The van der Waals surface area contributed by atoms with E-state index in [2.05, 4.69) is 10.6 Å². The molecule has 1 saturated heterocycles. The van der Waals surface area contributed by atoms with Crippen LogP contribution in [0.1, 0.15) is 31.7 Å². The Morgan fingerprint density at radius 3 is 2.67 bits per heavy atom. The van der Waals surface area contributed by atoms with Crippen LogP contribution < -0.4 is 21.1 Å². The van der Waals surface area contributed by atoms with Crippen LogP contribution in [0.5, 0.6) is 5.75 Å². The summed E-state index contributed by atoms with van der Waals surface area (Å²) in [6, 6.07) is 6.34. The molecule has 1 aromatic rings. The lowest BCUT2D eigenvalue weighted by molar-refractivity contribution is -0.135. The van der Waals surface area contributed by atoms with Crippen molar-refractivity contribution in [1.82, 2.24) is 15.5 Å². The van der Waals surface area contributed by atoms with E-state index in [4.69, 9.17) is 10.5 Å². The molecule has 8 nitrogen and oxygen atoms in total. The summed E-state index contributed by atoms with van der Waals surface area (Å²) < 4.78 is 5.12. The number of ether oxygens (including phenoxy) is 1. The van der Waals surface area contributed by atoms with E-state index >= 15 is 0 Å². The fraction of sp³-hybridized carbons (Fsp3) is 0.526. The summed E-state index contributed by atoms with van der Waals surface area (Å²) in [4.78, 5) is 38.6. The predicted octanol–water partition coefficient (Wildman–Crippen LogP) is 0.706. The van der Waals surface area contributed by atoms with Gasteiger partial charge in [0.05, 0.1) is 7.11 Å². The summed E-state index contributed by atoms with van der Waals surface area (Å²) in [5.74, 6) is 0.112. The Morgan fingerprint density at radius 1 is 1.33 bits per heavy atom.